The molecule has 0 saturated heterocycles. The number of Topliss-reactive ketones (excluding diaryl/α,β-unsaturated/α-hetero) is 1. The maximum Gasteiger partial charge on any atom is 0.165 e. The molecule has 0 bridgehead atoms. The van der Waals surface area contributed by atoms with Crippen LogP contribution in [0.1, 0.15) is 43.7 Å². The van der Waals surface area contributed by atoms with Crippen LogP contribution in [0, 0.1) is 5.92 Å². The molecule has 0 spiro atoms. The van der Waals surface area contributed by atoms with E-state index in [1.165, 1.54) is 0 Å². The number of benzene rings is 1. The number of sulfone groups is 1. The smallest absolute Gasteiger partial charge is 0.165 e. The van der Waals surface area contributed by atoms with Gasteiger partial charge in [0.15, 0.2) is 15.5 Å². The van der Waals surface area contributed by atoms with Crippen LogP contribution < -0.4 is 5.73 Å². The van der Waals surface area contributed by atoms with E-state index in [-0.39, 0.29) is 23.4 Å². The Bertz CT molecular complexity index is 1540. The van der Waals surface area contributed by atoms with Gasteiger partial charge in [-0.2, -0.15) is 9.61 Å². The monoisotopic (exact) mass is 555 g/mol. The second-order valence-corrected chi connectivity index (χ2v) is 12.4. The van der Waals surface area contributed by atoms with Crippen LogP contribution in [0.4, 0.5) is 5.82 Å². The van der Waals surface area contributed by atoms with Gasteiger partial charge in [-0.15, -0.1) is 0 Å². The molecule has 0 radical (unpaired) electrons. The van der Waals surface area contributed by atoms with Crippen LogP contribution in [0.2, 0.25) is 0 Å². The maximum absolute atomic E-state index is 12.1. The molecule has 3 heterocycles. The lowest BCUT2D eigenvalue weighted by atomic mass is 9.78. The molecule has 8 nitrogen and oxygen atoms in total. The number of carbonyl (C=O) groups excluding carboxylic acids is 1. The molecule has 182 valence electrons. The Morgan fingerprint density at radius 2 is 1.91 bits per heavy atom. The molecule has 0 aliphatic heterocycles. The third kappa shape index (κ3) is 4.95. The lowest BCUT2D eigenvalue weighted by Crippen LogP contribution is -2.21. The third-order valence-corrected chi connectivity index (χ3v) is 8.38. The van der Waals surface area contributed by atoms with Crippen LogP contribution in [0.3, 0.4) is 0 Å². The van der Waals surface area contributed by atoms with Crippen LogP contribution in [-0.4, -0.2) is 45.8 Å². The number of aromatic nitrogens is 4. The normalized spacial score (nSPS) is 18.8. The van der Waals surface area contributed by atoms with Gasteiger partial charge in [0.1, 0.15) is 17.4 Å². The number of nitrogen functional groups attached to an aromatic ring is 1. The second-order valence-electron chi connectivity index (χ2n) is 9.44. The van der Waals surface area contributed by atoms with Gasteiger partial charge in [-0.25, -0.2) is 13.4 Å². The van der Waals surface area contributed by atoms with Crippen molar-refractivity contribution >= 4 is 53.9 Å². The maximum atomic E-state index is 12.1. The number of pyridine rings is 1. The minimum Gasteiger partial charge on any atom is -0.383 e. The first-order valence-electron chi connectivity index (χ1n) is 11.6. The summed E-state index contributed by atoms with van der Waals surface area (Å²) in [5.41, 5.74) is 10.7. The molecule has 5 rings (SSSR count). The molecule has 1 fully saturated rings. The molecule has 4 aromatic rings. The predicted octanol–water partition coefficient (Wildman–Crippen LogP) is 4.57. The zero-order valence-corrected chi connectivity index (χ0v) is 21.7. The third-order valence-electron chi connectivity index (χ3n) is 6.72. The van der Waals surface area contributed by atoms with Gasteiger partial charge < -0.3 is 5.73 Å². The summed E-state index contributed by atoms with van der Waals surface area (Å²) in [5, 5.41) is 5.52. The van der Waals surface area contributed by atoms with Crippen LogP contribution in [-0.2, 0) is 14.6 Å². The van der Waals surface area contributed by atoms with Crippen molar-refractivity contribution in [2.24, 2.45) is 5.92 Å². The van der Waals surface area contributed by atoms with Crippen molar-refractivity contribution in [3.05, 3.63) is 52.9 Å². The molecule has 1 aliphatic carbocycles. The van der Waals surface area contributed by atoms with Gasteiger partial charge in [-0.1, -0.05) is 18.2 Å². The molecule has 0 unspecified atom stereocenters. The minimum absolute atomic E-state index is 0.190. The minimum atomic E-state index is -3.29. The lowest BCUT2D eigenvalue weighted by molar-refractivity contribution is -0.117. The zero-order valence-electron chi connectivity index (χ0n) is 19.3. The fourth-order valence-corrected chi connectivity index (χ4v) is 6.30. The predicted molar refractivity (Wildman–Crippen MR) is 140 cm³/mol. The first kappa shape index (κ1) is 23.9. The summed E-state index contributed by atoms with van der Waals surface area (Å²) < 4.78 is 25.2. The van der Waals surface area contributed by atoms with E-state index in [2.05, 4.69) is 32.1 Å². The van der Waals surface area contributed by atoms with E-state index in [9.17, 15) is 13.2 Å². The molecule has 1 saturated carbocycles. The van der Waals surface area contributed by atoms with Gasteiger partial charge >= 0.3 is 0 Å². The first-order chi connectivity index (χ1) is 16.7. The molecule has 10 heteroatoms. The van der Waals surface area contributed by atoms with E-state index >= 15 is 0 Å². The molecular weight excluding hydrogens is 530 g/mol. The van der Waals surface area contributed by atoms with E-state index in [1.807, 2.05) is 30.5 Å². The van der Waals surface area contributed by atoms with Gasteiger partial charge in [-0.05, 0) is 59.7 Å². The van der Waals surface area contributed by atoms with Crippen molar-refractivity contribution in [2.45, 2.75) is 38.0 Å². The van der Waals surface area contributed by atoms with Crippen molar-refractivity contribution < 1.29 is 13.2 Å². The Morgan fingerprint density at radius 3 is 2.66 bits per heavy atom. The SMILES string of the molecule is CS(=O)(=O)CC(=O)CC1CCC(c2nc3c(-c4cnc5ccccc5c4)cnn3c(N)c2Br)CC1. The number of fused-ring (bicyclic) bond motifs is 2. The molecule has 2 N–H and O–H groups in total. The highest BCUT2D eigenvalue weighted by Crippen LogP contribution is 2.41. The number of halogens is 1. The highest BCUT2D eigenvalue weighted by Gasteiger charge is 2.29. The van der Waals surface area contributed by atoms with Crippen molar-refractivity contribution in [3.8, 4) is 11.1 Å². The highest BCUT2D eigenvalue weighted by atomic mass is 79.9. The average Bonchev–Trinajstić information content (AvgIpc) is 3.24. The number of ketones is 1. The standard InChI is InChI=1S/C25H26BrN5O3S/c1-35(33,34)14-19(32)10-15-6-8-16(9-7-15)23-22(26)24(27)31-25(30-23)20(13-29-31)18-11-17-4-2-3-5-21(17)28-12-18/h2-5,11-13,15-16H,6-10,14,27H2,1H3. The van der Waals surface area contributed by atoms with Gasteiger partial charge in [0.2, 0.25) is 0 Å². The fraction of sp³-hybridized carbons (Fsp3) is 0.360. The second kappa shape index (κ2) is 9.31. The Labute approximate surface area is 212 Å². The topological polar surface area (TPSA) is 120 Å². The lowest BCUT2D eigenvalue weighted by Gasteiger charge is -2.28. The molecule has 0 amide bonds. The van der Waals surface area contributed by atoms with E-state index in [0.29, 0.717) is 17.9 Å². The van der Waals surface area contributed by atoms with Gasteiger partial charge in [-0.3, -0.25) is 9.78 Å². The highest BCUT2D eigenvalue weighted by molar-refractivity contribution is 9.10. The Morgan fingerprint density at radius 1 is 1.17 bits per heavy atom. The fourth-order valence-electron chi connectivity index (χ4n) is 5.02. The van der Waals surface area contributed by atoms with Crippen molar-refractivity contribution in [1.82, 2.24) is 19.6 Å². The number of rotatable bonds is 6. The molecular formula is C25H26BrN5O3S. The number of carbonyl (C=O) groups is 1. The summed E-state index contributed by atoms with van der Waals surface area (Å²) in [6, 6.07) is 10.0. The Balaban J connectivity index is 1.41. The molecule has 35 heavy (non-hydrogen) atoms. The van der Waals surface area contributed by atoms with E-state index in [0.717, 1.165) is 64.1 Å². The molecule has 1 aromatic carbocycles. The molecule has 0 atom stereocenters. The van der Waals surface area contributed by atoms with Gasteiger partial charge in [0.05, 0.1) is 21.9 Å². The summed E-state index contributed by atoms with van der Waals surface area (Å²) >= 11 is 3.64. The van der Waals surface area contributed by atoms with Gasteiger partial charge in [0.25, 0.3) is 0 Å². The zero-order chi connectivity index (χ0) is 24.7. The summed E-state index contributed by atoms with van der Waals surface area (Å²) in [7, 11) is -3.29. The van der Waals surface area contributed by atoms with Crippen LogP contribution in [0.15, 0.2) is 47.2 Å². The average molecular weight is 556 g/mol. The number of para-hydroxylation sites is 1. The molecule has 3 aromatic heterocycles. The number of anilines is 1. The number of hydrogen-bond acceptors (Lipinski definition) is 7. The number of hydrogen-bond donors (Lipinski definition) is 1. The summed E-state index contributed by atoms with van der Waals surface area (Å²) in [5.74, 6) is 0.315. The molecule has 1 aliphatic rings. The van der Waals surface area contributed by atoms with Crippen LogP contribution in [0.25, 0.3) is 27.7 Å². The van der Waals surface area contributed by atoms with Crippen LogP contribution >= 0.6 is 15.9 Å². The van der Waals surface area contributed by atoms with E-state index in [1.54, 1.807) is 10.7 Å². The Kier molecular flexibility index (Phi) is 6.35. The van der Waals surface area contributed by atoms with Crippen molar-refractivity contribution in [1.29, 1.82) is 0 Å². The van der Waals surface area contributed by atoms with E-state index in [4.69, 9.17) is 10.7 Å². The summed E-state index contributed by atoms with van der Waals surface area (Å²) in [6.07, 6.45) is 8.43. The quantitative estimate of drug-likeness (QED) is 0.370. The van der Waals surface area contributed by atoms with Crippen molar-refractivity contribution in [3.63, 3.8) is 0 Å². The van der Waals surface area contributed by atoms with Crippen LogP contribution in [0.5, 0.6) is 0 Å². The van der Waals surface area contributed by atoms with Gasteiger partial charge in [0, 0.05) is 41.3 Å². The largest absolute Gasteiger partial charge is 0.383 e. The summed E-state index contributed by atoms with van der Waals surface area (Å²) in [4.78, 5) is 21.7. The number of nitrogens with two attached hydrogens (primary N) is 1. The Hall–Kier alpha value is -2.85. The van der Waals surface area contributed by atoms with E-state index < -0.39 is 9.84 Å². The van der Waals surface area contributed by atoms with Crippen molar-refractivity contribution in [2.75, 3.05) is 17.7 Å². The first-order valence-corrected chi connectivity index (χ1v) is 14.4. The number of nitrogens with zero attached hydrogens (tertiary/aromatic N) is 4. The summed E-state index contributed by atoms with van der Waals surface area (Å²) in [6.45, 7) is 0.